The number of aromatic nitrogens is 1. The summed E-state index contributed by atoms with van der Waals surface area (Å²) in [7, 11) is 0. The Balaban J connectivity index is 1.48. The standard InChI is InChI=1S/C25H36F3N3O/c1-16(2)24(10-8-20(13-24)30-21-7-5-4-6-17(21)3)23(32)31-11-9-22-18(15-31)12-19(14-29-22)25(26,27)28/h12,14,16-17,20-21,30H,4-11,13,15H2,1-3H3/t17?,20-,21?,24+/m1/s1. The van der Waals surface area contributed by atoms with Crippen LogP contribution in [-0.4, -0.2) is 34.4 Å². The Morgan fingerprint density at radius 2 is 2.00 bits per heavy atom. The van der Waals surface area contributed by atoms with E-state index in [-0.39, 0.29) is 18.4 Å². The minimum absolute atomic E-state index is 0.108. The molecule has 0 radical (unpaired) electrons. The van der Waals surface area contributed by atoms with Crippen LogP contribution in [0.15, 0.2) is 12.3 Å². The maximum absolute atomic E-state index is 13.8. The lowest BCUT2D eigenvalue weighted by Crippen LogP contribution is -2.49. The average molecular weight is 452 g/mol. The van der Waals surface area contributed by atoms with Crippen LogP contribution in [0, 0.1) is 17.3 Å². The molecule has 0 aromatic carbocycles. The number of fused-ring (bicyclic) bond motifs is 1. The molecule has 4 atom stereocenters. The summed E-state index contributed by atoms with van der Waals surface area (Å²) in [6.07, 6.45) is 4.68. The molecule has 2 unspecified atom stereocenters. The first-order valence-corrected chi connectivity index (χ1v) is 12.2. The van der Waals surface area contributed by atoms with Crippen molar-refractivity contribution in [3.63, 3.8) is 0 Å². The molecule has 4 nitrogen and oxygen atoms in total. The SMILES string of the molecule is CC1CCCCC1N[C@@H]1CC[C@@](C(=O)N2CCc3ncc(C(F)(F)F)cc3C2)(C(C)C)C1. The van der Waals surface area contributed by atoms with Crippen molar-refractivity contribution in [1.29, 1.82) is 0 Å². The lowest BCUT2D eigenvalue weighted by atomic mass is 9.73. The van der Waals surface area contributed by atoms with Crippen molar-refractivity contribution in [1.82, 2.24) is 15.2 Å². The van der Waals surface area contributed by atoms with Crippen LogP contribution in [0.1, 0.15) is 82.5 Å². The number of carbonyl (C=O) groups excluding carboxylic acids is 1. The largest absolute Gasteiger partial charge is 0.417 e. The van der Waals surface area contributed by atoms with Gasteiger partial charge in [-0.05, 0) is 55.6 Å². The highest BCUT2D eigenvalue weighted by molar-refractivity contribution is 5.83. The number of pyridine rings is 1. The molecule has 1 aromatic heterocycles. The molecule has 7 heteroatoms. The number of amides is 1. The van der Waals surface area contributed by atoms with Gasteiger partial charge in [-0.1, -0.05) is 33.6 Å². The maximum atomic E-state index is 13.8. The molecule has 0 spiro atoms. The summed E-state index contributed by atoms with van der Waals surface area (Å²) in [4.78, 5) is 19.6. The molecule has 1 amide bonds. The first-order valence-electron chi connectivity index (χ1n) is 12.2. The molecular formula is C25H36F3N3O. The van der Waals surface area contributed by atoms with Crippen molar-refractivity contribution in [3.8, 4) is 0 Å². The van der Waals surface area contributed by atoms with Gasteiger partial charge in [0.05, 0.1) is 11.0 Å². The fourth-order valence-electron chi connectivity index (χ4n) is 6.12. The van der Waals surface area contributed by atoms with Crippen LogP contribution in [0.5, 0.6) is 0 Å². The van der Waals surface area contributed by atoms with Gasteiger partial charge in [-0.3, -0.25) is 9.78 Å². The first kappa shape index (κ1) is 23.5. The van der Waals surface area contributed by atoms with E-state index < -0.39 is 17.2 Å². The molecule has 3 aliphatic rings. The van der Waals surface area contributed by atoms with E-state index in [2.05, 4.69) is 31.1 Å². The Hall–Kier alpha value is -1.63. The molecule has 2 heterocycles. The number of carbonyl (C=O) groups is 1. The quantitative estimate of drug-likeness (QED) is 0.671. The third kappa shape index (κ3) is 4.55. The zero-order valence-corrected chi connectivity index (χ0v) is 19.5. The molecule has 2 saturated carbocycles. The maximum Gasteiger partial charge on any atom is 0.417 e. The summed E-state index contributed by atoms with van der Waals surface area (Å²) in [5, 5.41) is 3.87. The number of nitrogens with one attached hydrogen (secondary N) is 1. The van der Waals surface area contributed by atoms with Crippen molar-refractivity contribution in [2.75, 3.05) is 6.54 Å². The highest BCUT2D eigenvalue weighted by atomic mass is 19.4. The van der Waals surface area contributed by atoms with Gasteiger partial charge in [-0.15, -0.1) is 0 Å². The lowest BCUT2D eigenvalue weighted by molar-refractivity contribution is -0.146. The fourth-order valence-corrected chi connectivity index (χ4v) is 6.12. The first-order chi connectivity index (χ1) is 15.1. The van der Waals surface area contributed by atoms with Gasteiger partial charge in [-0.25, -0.2) is 0 Å². The van der Waals surface area contributed by atoms with Gasteiger partial charge in [0, 0.05) is 43.5 Å². The minimum Gasteiger partial charge on any atom is -0.337 e. The molecule has 1 aromatic rings. The van der Waals surface area contributed by atoms with Gasteiger partial charge < -0.3 is 10.2 Å². The molecule has 4 rings (SSSR count). The van der Waals surface area contributed by atoms with E-state index in [1.165, 1.54) is 31.7 Å². The Morgan fingerprint density at radius 3 is 2.69 bits per heavy atom. The van der Waals surface area contributed by atoms with Crippen LogP contribution >= 0.6 is 0 Å². The Kier molecular flexibility index (Phi) is 6.59. The van der Waals surface area contributed by atoms with Gasteiger partial charge in [0.2, 0.25) is 5.91 Å². The Labute approximate surface area is 189 Å². The van der Waals surface area contributed by atoms with Crippen LogP contribution in [-0.2, 0) is 23.9 Å². The van der Waals surface area contributed by atoms with Crippen molar-refractivity contribution in [2.45, 2.75) is 96.9 Å². The zero-order valence-electron chi connectivity index (χ0n) is 19.5. The number of alkyl halides is 3. The molecule has 0 bridgehead atoms. The predicted octanol–water partition coefficient (Wildman–Crippen LogP) is 5.35. The number of rotatable bonds is 4. The highest BCUT2D eigenvalue weighted by Gasteiger charge is 2.50. The van der Waals surface area contributed by atoms with Crippen LogP contribution in [0.4, 0.5) is 13.2 Å². The van der Waals surface area contributed by atoms with E-state index in [4.69, 9.17) is 0 Å². The summed E-state index contributed by atoms with van der Waals surface area (Å²) in [5.74, 6) is 0.964. The van der Waals surface area contributed by atoms with Crippen molar-refractivity contribution >= 4 is 5.91 Å². The molecule has 32 heavy (non-hydrogen) atoms. The van der Waals surface area contributed by atoms with Crippen molar-refractivity contribution in [3.05, 3.63) is 29.1 Å². The normalized spacial score (nSPS) is 31.1. The molecule has 178 valence electrons. The van der Waals surface area contributed by atoms with Gasteiger partial charge in [0.1, 0.15) is 0 Å². The second-order valence-corrected chi connectivity index (χ2v) is 10.6. The van der Waals surface area contributed by atoms with E-state index in [0.717, 1.165) is 25.5 Å². The van der Waals surface area contributed by atoms with Gasteiger partial charge in [0.15, 0.2) is 0 Å². The number of halogens is 3. The molecule has 1 N–H and O–H groups in total. The molecule has 2 aliphatic carbocycles. The van der Waals surface area contributed by atoms with Crippen molar-refractivity contribution < 1.29 is 18.0 Å². The zero-order chi connectivity index (χ0) is 23.1. The van der Waals surface area contributed by atoms with E-state index in [0.29, 0.717) is 42.2 Å². The van der Waals surface area contributed by atoms with Crippen LogP contribution < -0.4 is 5.32 Å². The minimum atomic E-state index is -4.42. The smallest absolute Gasteiger partial charge is 0.337 e. The van der Waals surface area contributed by atoms with Gasteiger partial charge in [0.25, 0.3) is 0 Å². The molecule has 1 aliphatic heterocycles. The van der Waals surface area contributed by atoms with E-state index in [1.807, 2.05) is 0 Å². The summed E-state index contributed by atoms with van der Waals surface area (Å²) >= 11 is 0. The highest BCUT2D eigenvalue weighted by Crippen LogP contribution is 2.47. The molecular weight excluding hydrogens is 415 g/mol. The van der Waals surface area contributed by atoms with Crippen LogP contribution in [0.3, 0.4) is 0 Å². The van der Waals surface area contributed by atoms with Gasteiger partial charge in [-0.2, -0.15) is 13.2 Å². The van der Waals surface area contributed by atoms with Crippen LogP contribution in [0.2, 0.25) is 0 Å². The van der Waals surface area contributed by atoms with E-state index in [9.17, 15) is 18.0 Å². The summed E-state index contributed by atoms with van der Waals surface area (Å²) in [5.41, 5.74) is 0.0260. The monoisotopic (exact) mass is 451 g/mol. The van der Waals surface area contributed by atoms with E-state index >= 15 is 0 Å². The second-order valence-electron chi connectivity index (χ2n) is 10.6. The summed E-state index contributed by atoms with van der Waals surface area (Å²) < 4.78 is 39.5. The third-order valence-electron chi connectivity index (χ3n) is 8.30. The Morgan fingerprint density at radius 1 is 1.25 bits per heavy atom. The van der Waals surface area contributed by atoms with Crippen LogP contribution in [0.25, 0.3) is 0 Å². The summed E-state index contributed by atoms with van der Waals surface area (Å²) in [6, 6.07) is 2.04. The predicted molar refractivity (Wildman–Crippen MR) is 118 cm³/mol. The topological polar surface area (TPSA) is 45.2 Å². The molecule has 2 fully saturated rings. The second kappa shape index (κ2) is 8.96. The molecule has 0 saturated heterocycles. The number of hydrogen-bond acceptors (Lipinski definition) is 3. The Bertz CT molecular complexity index is 840. The third-order valence-corrected chi connectivity index (χ3v) is 8.30. The van der Waals surface area contributed by atoms with Crippen molar-refractivity contribution in [2.24, 2.45) is 17.3 Å². The summed E-state index contributed by atoms with van der Waals surface area (Å²) in [6.45, 7) is 7.30. The van der Waals surface area contributed by atoms with E-state index in [1.54, 1.807) is 4.90 Å². The number of hydrogen-bond donors (Lipinski definition) is 1. The van der Waals surface area contributed by atoms with Gasteiger partial charge >= 0.3 is 6.18 Å². The average Bonchev–Trinajstić information content (AvgIpc) is 3.19. The number of nitrogens with zero attached hydrogens (tertiary/aromatic N) is 2. The fraction of sp³-hybridized carbons (Fsp3) is 0.760. The lowest BCUT2D eigenvalue weighted by Gasteiger charge is -2.40.